The summed E-state index contributed by atoms with van der Waals surface area (Å²) in [5.41, 5.74) is 0.940. The van der Waals surface area contributed by atoms with Gasteiger partial charge in [-0.15, -0.1) is 0 Å². The van der Waals surface area contributed by atoms with E-state index in [0.717, 1.165) is 18.5 Å². The lowest BCUT2D eigenvalue weighted by Gasteiger charge is -2.06. The molecule has 1 aliphatic heterocycles. The molecule has 0 spiro atoms. The molecule has 0 saturated heterocycles. The summed E-state index contributed by atoms with van der Waals surface area (Å²) < 4.78 is 10.5. The zero-order valence-electron chi connectivity index (χ0n) is 11.8. The number of benzene rings is 1. The van der Waals surface area contributed by atoms with Gasteiger partial charge in [0.15, 0.2) is 11.5 Å². The van der Waals surface area contributed by atoms with E-state index in [4.69, 9.17) is 14.7 Å². The zero-order valence-corrected chi connectivity index (χ0v) is 11.8. The van der Waals surface area contributed by atoms with Gasteiger partial charge in [-0.25, -0.2) is 0 Å². The van der Waals surface area contributed by atoms with Crippen molar-refractivity contribution in [3.63, 3.8) is 0 Å². The Kier molecular flexibility index (Phi) is 5.04. The van der Waals surface area contributed by atoms with Crippen LogP contribution in [0.1, 0.15) is 18.9 Å². The van der Waals surface area contributed by atoms with Crippen LogP contribution in [-0.4, -0.2) is 19.2 Å². The lowest BCUT2D eigenvalue weighted by atomic mass is 10.2. The molecule has 0 aromatic heterocycles. The average molecular weight is 287 g/mol. The number of nitriles is 1. The number of hydrogen-bond donors (Lipinski definition) is 2. The Bertz CT molecular complexity index is 590. The van der Waals surface area contributed by atoms with Crippen LogP contribution in [0.5, 0.6) is 11.5 Å². The molecule has 1 aliphatic rings. The normalized spacial score (nSPS) is 12.7. The Morgan fingerprint density at radius 2 is 2.24 bits per heavy atom. The standard InChI is InChI=1S/C15H17N3O3/c1-2-5-17-9-12(7-16)15(19)18-8-11-3-4-13-14(6-11)21-10-20-13/h3-4,6,9,17H,2,5,8,10H2,1H3,(H,18,19)/b12-9-. The first kappa shape index (κ1) is 14.7. The number of nitrogens with zero attached hydrogens (tertiary/aromatic N) is 1. The van der Waals surface area contributed by atoms with E-state index in [-0.39, 0.29) is 12.4 Å². The maximum absolute atomic E-state index is 11.9. The van der Waals surface area contributed by atoms with Crippen LogP contribution in [-0.2, 0) is 11.3 Å². The molecule has 0 atom stereocenters. The first-order chi connectivity index (χ1) is 10.2. The third-order valence-corrected chi connectivity index (χ3v) is 2.90. The highest BCUT2D eigenvalue weighted by Gasteiger charge is 2.14. The molecule has 0 unspecified atom stereocenters. The molecule has 21 heavy (non-hydrogen) atoms. The van der Waals surface area contributed by atoms with E-state index >= 15 is 0 Å². The summed E-state index contributed by atoms with van der Waals surface area (Å²) in [6.45, 7) is 3.27. The van der Waals surface area contributed by atoms with Crippen molar-refractivity contribution in [3.8, 4) is 17.6 Å². The summed E-state index contributed by atoms with van der Waals surface area (Å²) in [6, 6.07) is 7.34. The molecule has 1 amide bonds. The molecule has 110 valence electrons. The molecule has 0 fully saturated rings. The minimum Gasteiger partial charge on any atom is -0.454 e. The van der Waals surface area contributed by atoms with Crippen molar-refractivity contribution < 1.29 is 14.3 Å². The van der Waals surface area contributed by atoms with E-state index < -0.39 is 5.91 Å². The summed E-state index contributed by atoms with van der Waals surface area (Å²) in [6.07, 6.45) is 2.37. The molecule has 6 heteroatoms. The van der Waals surface area contributed by atoms with E-state index in [0.29, 0.717) is 18.0 Å². The van der Waals surface area contributed by atoms with Gasteiger partial charge in [-0.3, -0.25) is 4.79 Å². The molecule has 1 aromatic rings. The lowest BCUT2D eigenvalue weighted by Crippen LogP contribution is -2.25. The summed E-state index contributed by atoms with van der Waals surface area (Å²) >= 11 is 0. The SMILES string of the molecule is CCCN/C=C(/C#N)C(=O)NCc1ccc2c(c1)OCO2. The number of amides is 1. The number of ether oxygens (including phenoxy) is 2. The Balaban J connectivity index is 1.91. The van der Waals surface area contributed by atoms with Gasteiger partial charge in [0.1, 0.15) is 11.6 Å². The van der Waals surface area contributed by atoms with E-state index in [1.54, 1.807) is 6.07 Å². The topological polar surface area (TPSA) is 83.4 Å². The monoisotopic (exact) mass is 287 g/mol. The Morgan fingerprint density at radius 3 is 3.00 bits per heavy atom. The maximum atomic E-state index is 11.9. The molecule has 0 bridgehead atoms. The number of carbonyl (C=O) groups is 1. The highest BCUT2D eigenvalue weighted by molar-refractivity contribution is 5.97. The highest BCUT2D eigenvalue weighted by atomic mass is 16.7. The molecule has 0 radical (unpaired) electrons. The minimum absolute atomic E-state index is 0.0594. The molecule has 2 N–H and O–H groups in total. The average Bonchev–Trinajstić information content (AvgIpc) is 2.97. The van der Waals surface area contributed by atoms with Crippen LogP contribution in [0, 0.1) is 11.3 Å². The van der Waals surface area contributed by atoms with Crippen LogP contribution in [0.2, 0.25) is 0 Å². The van der Waals surface area contributed by atoms with Gasteiger partial charge < -0.3 is 20.1 Å². The van der Waals surface area contributed by atoms with Gasteiger partial charge in [0.05, 0.1) is 0 Å². The minimum atomic E-state index is -0.404. The second kappa shape index (κ2) is 7.20. The van der Waals surface area contributed by atoms with Gasteiger partial charge >= 0.3 is 0 Å². The number of nitrogens with one attached hydrogen (secondary N) is 2. The summed E-state index contributed by atoms with van der Waals surface area (Å²) in [4.78, 5) is 11.9. The van der Waals surface area contributed by atoms with E-state index in [1.165, 1.54) is 6.20 Å². The number of carbonyl (C=O) groups excluding carboxylic acids is 1. The van der Waals surface area contributed by atoms with Crippen molar-refractivity contribution in [3.05, 3.63) is 35.5 Å². The maximum Gasteiger partial charge on any atom is 0.263 e. The van der Waals surface area contributed by atoms with E-state index in [1.807, 2.05) is 25.1 Å². The Labute approximate surface area is 123 Å². The first-order valence-corrected chi connectivity index (χ1v) is 6.75. The Hall–Kier alpha value is -2.68. The lowest BCUT2D eigenvalue weighted by molar-refractivity contribution is -0.117. The van der Waals surface area contributed by atoms with Gasteiger partial charge in [0, 0.05) is 19.3 Å². The summed E-state index contributed by atoms with van der Waals surface area (Å²) in [5.74, 6) is 0.965. The molecule has 0 aliphatic carbocycles. The van der Waals surface area contributed by atoms with Crippen molar-refractivity contribution in [2.75, 3.05) is 13.3 Å². The van der Waals surface area contributed by atoms with Crippen LogP contribution in [0.3, 0.4) is 0 Å². The van der Waals surface area contributed by atoms with Crippen molar-refractivity contribution in [1.29, 1.82) is 5.26 Å². The highest BCUT2D eigenvalue weighted by Crippen LogP contribution is 2.32. The van der Waals surface area contributed by atoms with Crippen LogP contribution in [0.25, 0.3) is 0 Å². The van der Waals surface area contributed by atoms with E-state index in [9.17, 15) is 4.79 Å². The fourth-order valence-electron chi connectivity index (χ4n) is 1.80. The fourth-order valence-corrected chi connectivity index (χ4v) is 1.80. The van der Waals surface area contributed by atoms with Crippen molar-refractivity contribution in [2.24, 2.45) is 0 Å². The molecule has 1 heterocycles. The third-order valence-electron chi connectivity index (χ3n) is 2.90. The van der Waals surface area contributed by atoms with Gasteiger partial charge in [-0.2, -0.15) is 5.26 Å². The van der Waals surface area contributed by atoms with Crippen molar-refractivity contribution in [1.82, 2.24) is 10.6 Å². The second-order valence-electron chi connectivity index (χ2n) is 4.49. The van der Waals surface area contributed by atoms with Crippen LogP contribution in [0.15, 0.2) is 30.0 Å². The van der Waals surface area contributed by atoms with Crippen LogP contribution < -0.4 is 20.1 Å². The molecule has 2 rings (SSSR count). The predicted octanol–water partition coefficient (Wildman–Crippen LogP) is 1.44. The number of hydrogen-bond acceptors (Lipinski definition) is 5. The predicted molar refractivity (Wildman–Crippen MR) is 76.4 cm³/mol. The van der Waals surface area contributed by atoms with E-state index in [2.05, 4.69) is 10.6 Å². The largest absolute Gasteiger partial charge is 0.454 e. The molecular weight excluding hydrogens is 270 g/mol. The van der Waals surface area contributed by atoms with Gasteiger partial charge in [0.25, 0.3) is 5.91 Å². The molecule has 0 saturated carbocycles. The van der Waals surface area contributed by atoms with Crippen molar-refractivity contribution in [2.45, 2.75) is 19.9 Å². The quantitative estimate of drug-likeness (QED) is 0.470. The molecular formula is C15H17N3O3. The van der Waals surface area contributed by atoms with Crippen molar-refractivity contribution >= 4 is 5.91 Å². The fraction of sp³-hybridized carbons (Fsp3) is 0.333. The second-order valence-corrected chi connectivity index (χ2v) is 4.49. The smallest absolute Gasteiger partial charge is 0.263 e. The van der Waals surface area contributed by atoms with Crippen LogP contribution >= 0.6 is 0 Å². The summed E-state index contributed by atoms with van der Waals surface area (Å²) in [5, 5.41) is 14.6. The zero-order chi connectivity index (χ0) is 15.1. The first-order valence-electron chi connectivity index (χ1n) is 6.75. The number of fused-ring (bicyclic) bond motifs is 1. The third kappa shape index (κ3) is 3.89. The Morgan fingerprint density at radius 1 is 1.43 bits per heavy atom. The molecule has 1 aromatic carbocycles. The van der Waals surface area contributed by atoms with Gasteiger partial charge in [0.2, 0.25) is 6.79 Å². The van der Waals surface area contributed by atoms with Gasteiger partial charge in [-0.1, -0.05) is 13.0 Å². The van der Waals surface area contributed by atoms with Crippen LogP contribution in [0.4, 0.5) is 0 Å². The van der Waals surface area contributed by atoms with Gasteiger partial charge in [-0.05, 0) is 24.1 Å². The molecule has 6 nitrogen and oxygen atoms in total. The number of rotatable bonds is 6. The summed E-state index contributed by atoms with van der Waals surface area (Å²) in [7, 11) is 0.